The number of hydrogen-bond acceptors (Lipinski definition) is 1. The lowest BCUT2D eigenvalue weighted by molar-refractivity contribution is -0.137. The number of nitrogens with two attached hydrogens (primary N) is 1. The maximum absolute atomic E-state index is 12.4. The quantitative estimate of drug-likeness (QED) is 0.617. The van der Waals surface area contributed by atoms with Crippen LogP contribution in [-0.2, 0) is 11.5 Å². The first kappa shape index (κ1) is 11.7. The third-order valence-electron chi connectivity index (χ3n) is 1.72. The van der Waals surface area contributed by atoms with Gasteiger partial charge in [-0.3, -0.25) is 0 Å². The highest BCUT2D eigenvalue weighted by molar-refractivity contribution is 9.08. The van der Waals surface area contributed by atoms with Gasteiger partial charge in [0.25, 0.3) is 0 Å². The summed E-state index contributed by atoms with van der Waals surface area (Å²) in [6.07, 6.45) is -4.44. The predicted octanol–water partition coefficient (Wildman–Crippen LogP) is 3.84. The van der Waals surface area contributed by atoms with Crippen LogP contribution in [0.25, 0.3) is 0 Å². The average molecular weight is 288 g/mol. The second-order valence-electron chi connectivity index (χ2n) is 2.63. The van der Waals surface area contributed by atoms with Gasteiger partial charge in [-0.05, 0) is 12.1 Å². The van der Waals surface area contributed by atoms with Crippen LogP contribution in [0, 0.1) is 0 Å². The molecule has 0 atom stereocenters. The summed E-state index contributed by atoms with van der Waals surface area (Å²) < 4.78 is 37.1. The minimum atomic E-state index is -4.44. The molecule has 0 unspecified atom stereocenters. The van der Waals surface area contributed by atoms with Crippen molar-refractivity contribution < 1.29 is 13.2 Å². The van der Waals surface area contributed by atoms with Crippen molar-refractivity contribution in [3.63, 3.8) is 0 Å². The van der Waals surface area contributed by atoms with Crippen molar-refractivity contribution >= 4 is 33.2 Å². The van der Waals surface area contributed by atoms with Gasteiger partial charge in [0, 0.05) is 16.6 Å². The molecule has 0 amide bonds. The van der Waals surface area contributed by atoms with Crippen molar-refractivity contribution in [3.8, 4) is 0 Å². The summed E-state index contributed by atoms with van der Waals surface area (Å²) in [5.41, 5.74) is 5.12. The van der Waals surface area contributed by atoms with E-state index in [2.05, 4.69) is 15.9 Å². The molecule has 0 saturated carbocycles. The zero-order valence-corrected chi connectivity index (χ0v) is 9.17. The van der Waals surface area contributed by atoms with Crippen LogP contribution in [0.1, 0.15) is 11.1 Å². The molecule has 0 heterocycles. The van der Waals surface area contributed by atoms with E-state index in [-0.39, 0.29) is 21.6 Å². The van der Waals surface area contributed by atoms with Crippen LogP contribution in [0.4, 0.5) is 18.9 Å². The van der Waals surface area contributed by atoms with E-state index in [1.165, 1.54) is 6.07 Å². The normalized spacial score (nSPS) is 11.8. The molecular formula is C8H6BrClF3N. The molecule has 6 heteroatoms. The topological polar surface area (TPSA) is 26.0 Å². The van der Waals surface area contributed by atoms with Crippen LogP contribution >= 0.6 is 27.5 Å². The summed E-state index contributed by atoms with van der Waals surface area (Å²) in [7, 11) is 0. The Morgan fingerprint density at radius 1 is 1.36 bits per heavy atom. The van der Waals surface area contributed by atoms with E-state index in [9.17, 15) is 13.2 Å². The van der Waals surface area contributed by atoms with Crippen LogP contribution in [0.2, 0.25) is 5.02 Å². The Morgan fingerprint density at radius 3 is 2.36 bits per heavy atom. The van der Waals surface area contributed by atoms with Crippen molar-refractivity contribution in [2.45, 2.75) is 11.5 Å². The first-order valence-electron chi connectivity index (χ1n) is 3.58. The molecule has 0 aliphatic heterocycles. The predicted molar refractivity (Wildman–Crippen MR) is 53.5 cm³/mol. The minimum Gasteiger partial charge on any atom is -0.398 e. The van der Waals surface area contributed by atoms with Gasteiger partial charge in [0.2, 0.25) is 0 Å². The smallest absolute Gasteiger partial charge is 0.398 e. The van der Waals surface area contributed by atoms with E-state index in [0.717, 1.165) is 6.07 Å². The summed E-state index contributed by atoms with van der Waals surface area (Å²) >= 11 is 8.60. The van der Waals surface area contributed by atoms with Crippen molar-refractivity contribution in [1.82, 2.24) is 0 Å². The summed E-state index contributed by atoms with van der Waals surface area (Å²) in [4.78, 5) is 0. The molecule has 14 heavy (non-hydrogen) atoms. The summed E-state index contributed by atoms with van der Waals surface area (Å²) in [6, 6.07) is 2.08. The lowest BCUT2D eigenvalue weighted by atomic mass is 10.1. The molecule has 1 nitrogen and oxygen atoms in total. The van der Waals surface area contributed by atoms with Crippen LogP contribution in [-0.4, -0.2) is 0 Å². The molecule has 1 aromatic carbocycles. The zero-order chi connectivity index (χ0) is 10.9. The Morgan fingerprint density at radius 2 is 1.93 bits per heavy atom. The van der Waals surface area contributed by atoms with Gasteiger partial charge >= 0.3 is 6.18 Å². The zero-order valence-electron chi connectivity index (χ0n) is 6.83. The first-order valence-corrected chi connectivity index (χ1v) is 5.08. The number of anilines is 1. The molecule has 0 bridgehead atoms. The number of rotatable bonds is 1. The standard InChI is InChI=1S/C8H6BrClF3N/c9-3-4-6(14)2-1-5(7(4)10)8(11,12)13/h1-2H,3,14H2. The van der Waals surface area contributed by atoms with Crippen LogP contribution in [0.3, 0.4) is 0 Å². The number of benzene rings is 1. The van der Waals surface area contributed by atoms with Crippen molar-refractivity contribution in [2.75, 3.05) is 5.73 Å². The van der Waals surface area contributed by atoms with Gasteiger partial charge in [-0.2, -0.15) is 13.2 Å². The number of halogens is 5. The molecule has 1 aromatic rings. The van der Waals surface area contributed by atoms with E-state index in [1.807, 2.05) is 0 Å². The average Bonchev–Trinajstić information content (AvgIpc) is 2.02. The molecular weight excluding hydrogens is 282 g/mol. The summed E-state index contributed by atoms with van der Waals surface area (Å²) in [5, 5.41) is -0.143. The van der Waals surface area contributed by atoms with Gasteiger partial charge < -0.3 is 5.73 Å². The lowest BCUT2D eigenvalue weighted by Gasteiger charge is -2.12. The maximum atomic E-state index is 12.4. The van der Waals surface area contributed by atoms with Crippen molar-refractivity contribution in [3.05, 3.63) is 28.3 Å². The highest BCUT2D eigenvalue weighted by Crippen LogP contribution is 2.38. The maximum Gasteiger partial charge on any atom is 0.417 e. The lowest BCUT2D eigenvalue weighted by Crippen LogP contribution is -2.08. The fraction of sp³-hybridized carbons (Fsp3) is 0.250. The van der Waals surface area contributed by atoms with Gasteiger partial charge in [0.05, 0.1) is 10.6 Å². The molecule has 0 spiro atoms. The van der Waals surface area contributed by atoms with Crippen LogP contribution in [0.5, 0.6) is 0 Å². The number of hydrogen-bond donors (Lipinski definition) is 1. The van der Waals surface area contributed by atoms with Crippen LogP contribution < -0.4 is 5.73 Å². The Kier molecular flexibility index (Phi) is 3.32. The second-order valence-corrected chi connectivity index (χ2v) is 3.56. The minimum absolute atomic E-state index is 0.196. The van der Waals surface area contributed by atoms with Gasteiger partial charge in [0.1, 0.15) is 0 Å². The SMILES string of the molecule is Nc1ccc(C(F)(F)F)c(Cl)c1CBr. The van der Waals surface area contributed by atoms with Crippen molar-refractivity contribution in [1.29, 1.82) is 0 Å². The molecule has 1 rings (SSSR count). The molecule has 0 aliphatic rings. The molecule has 0 radical (unpaired) electrons. The van der Waals surface area contributed by atoms with E-state index in [4.69, 9.17) is 17.3 Å². The van der Waals surface area contributed by atoms with Crippen molar-refractivity contribution in [2.24, 2.45) is 0 Å². The van der Waals surface area contributed by atoms with Gasteiger partial charge in [-0.15, -0.1) is 0 Å². The third kappa shape index (κ3) is 2.15. The Labute approximate surface area is 92.2 Å². The Bertz CT molecular complexity index is 351. The van der Waals surface area contributed by atoms with Gasteiger partial charge in [-0.25, -0.2) is 0 Å². The molecule has 78 valence electrons. The molecule has 2 N–H and O–H groups in total. The number of alkyl halides is 4. The molecule has 0 aliphatic carbocycles. The second kappa shape index (κ2) is 3.98. The third-order valence-corrected chi connectivity index (χ3v) is 2.71. The monoisotopic (exact) mass is 287 g/mol. The van der Waals surface area contributed by atoms with Gasteiger partial charge in [-0.1, -0.05) is 27.5 Å². The van der Waals surface area contributed by atoms with Crippen LogP contribution in [0.15, 0.2) is 12.1 Å². The first-order chi connectivity index (χ1) is 6.38. The fourth-order valence-corrected chi connectivity index (χ4v) is 2.10. The van der Waals surface area contributed by atoms with E-state index in [0.29, 0.717) is 0 Å². The van der Waals surface area contributed by atoms with E-state index in [1.54, 1.807) is 0 Å². The Hall–Kier alpha value is -0.420. The molecule has 0 aromatic heterocycles. The fourth-order valence-electron chi connectivity index (χ4n) is 0.991. The largest absolute Gasteiger partial charge is 0.417 e. The molecule has 0 fully saturated rings. The summed E-state index contributed by atoms with van der Waals surface area (Å²) in [6.45, 7) is 0. The molecule has 0 saturated heterocycles. The van der Waals surface area contributed by atoms with E-state index < -0.39 is 11.7 Å². The highest BCUT2D eigenvalue weighted by Gasteiger charge is 2.34. The summed E-state index contributed by atoms with van der Waals surface area (Å²) in [5.74, 6) is 0. The van der Waals surface area contributed by atoms with E-state index >= 15 is 0 Å². The highest BCUT2D eigenvalue weighted by atomic mass is 79.9. The Balaban J connectivity index is 3.36. The number of nitrogen functional groups attached to an aromatic ring is 1. The van der Waals surface area contributed by atoms with Gasteiger partial charge in [0.15, 0.2) is 0 Å².